The molecule has 0 spiro atoms. The lowest BCUT2D eigenvalue weighted by molar-refractivity contribution is -0.136. The van der Waals surface area contributed by atoms with E-state index in [1.807, 2.05) is 23.7 Å². The van der Waals surface area contributed by atoms with Crippen LogP contribution in [0.1, 0.15) is 60.5 Å². The van der Waals surface area contributed by atoms with Crippen LogP contribution < -0.4 is 5.69 Å². The lowest BCUT2D eigenvalue weighted by atomic mass is 9.72. The average Bonchev–Trinajstić information content (AvgIpc) is 3.44. The number of halogens is 5. The number of imidazole rings is 1. The van der Waals surface area contributed by atoms with Gasteiger partial charge in [0.25, 0.3) is 5.92 Å². The molecule has 4 aromatic rings. The van der Waals surface area contributed by atoms with E-state index < -0.39 is 23.4 Å². The first-order valence-electron chi connectivity index (χ1n) is 13.4. The topological polar surface area (TPSA) is 60.4 Å². The van der Waals surface area contributed by atoms with Gasteiger partial charge >= 0.3 is 11.9 Å². The van der Waals surface area contributed by atoms with Crippen molar-refractivity contribution < 1.29 is 22.0 Å². The Morgan fingerprint density at radius 2 is 1.85 bits per heavy atom. The molecule has 7 nitrogen and oxygen atoms in total. The highest BCUT2D eigenvalue weighted by Crippen LogP contribution is 2.43. The second-order valence-electron chi connectivity index (χ2n) is 11.0. The van der Waals surface area contributed by atoms with Crippen molar-refractivity contribution in [2.24, 2.45) is 13.0 Å². The van der Waals surface area contributed by atoms with Crippen LogP contribution in [0.2, 0.25) is 0 Å². The van der Waals surface area contributed by atoms with Crippen LogP contribution in [0.4, 0.5) is 22.0 Å². The first-order valence-corrected chi connectivity index (χ1v) is 13.4. The summed E-state index contributed by atoms with van der Waals surface area (Å²) in [5.41, 5.74) is -0.231. The normalized spacial score (nSPS) is 19.1. The van der Waals surface area contributed by atoms with Crippen molar-refractivity contribution in [1.29, 1.82) is 0 Å². The standard InChI is InChI=1S/C28H29F5N6O/c1-36-17-34-35-25(36)24(19-4-2-5-19)20-6-3-7-21(13-20)38-16-23-22(28(31,32)33)12-18(15-39(23)26(38)40)14-37-10-8-27(29,30)9-11-37/h3,6-7,12-13,15-17,19,24H,2,4-5,8-11,14H2,1H3/t24-/m1/s1. The quantitative estimate of drug-likeness (QED) is 0.297. The van der Waals surface area contributed by atoms with Gasteiger partial charge in [-0.05, 0) is 48.1 Å². The third-order valence-corrected chi connectivity index (χ3v) is 8.28. The van der Waals surface area contributed by atoms with Crippen molar-refractivity contribution in [2.45, 2.75) is 56.7 Å². The predicted molar refractivity (Wildman–Crippen MR) is 138 cm³/mol. The highest BCUT2D eigenvalue weighted by atomic mass is 19.4. The van der Waals surface area contributed by atoms with Gasteiger partial charge < -0.3 is 4.57 Å². The summed E-state index contributed by atoms with van der Waals surface area (Å²) >= 11 is 0. The monoisotopic (exact) mass is 560 g/mol. The summed E-state index contributed by atoms with van der Waals surface area (Å²) in [4.78, 5) is 15.2. The number of aromatic nitrogens is 5. The maximum absolute atomic E-state index is 14.2. The molecule has 2 fully saturated rings. The molecule has 1 saturated heterocycles. The van der Waals surface area contributed by atoms with Crippen LogP contribution in [-0.4, -0.2) is 47.6 Å². The summed E-state index contributed by atoms with van der Waals surface area (Å²) in [7, 11) is 1.88. The van der Waals surface area contributed by atoms with Crippen molar-refractivity contribution in [1.82, 2.24) is 28.6 Å². The second kappa shape index (κ2) is 9.83. The van der Waals surface area contributed by atoms with Gasteiger partial charge in [-0.1, -0.05) is 18.6 Å². The van der Waals surface area contributed by atoms with Gasteiger partial charge in [0.15, 0.2) is 0 Å². The smallest absolute Gasteiger partial charge is 0.320 e. The Morgan fingerprint density at radius 1 is 1.10 bits per heavy atom. The number of benzene rings is 1. The molecule has 2 aliphatic rings. The predicted octanol–water partition coefficient (Wildman–Crippen LogP) is 5.40. The van der Waals surface area contributed by atoms with Gasteiger partial charge in [-0.25, -0.2) is 13.6 Å². The molecule has 1 aliphatic heterocycles. The second-order valence-corrected chi connectivity index (χ2v) is 11.0. The Morgan fingerprint density at radius 3 is 2.48 bits per heavy atom. The van der Waals surface area contributed by atoms with E-state index in [4.69, 9.17) is 0 Å². The first kappa shape index (κ1) is 26.7. The van der Waals surface area contributed by atoms with Crippen LogP contribution in [0.15, 0.2) is 53.8 Å². The number of hydrogen-bond acceptors (Lipinski definition) is 4. The number of hydrogen-bond donors (Lipinski definition) is 0. The molecule has 40 heavy (non-hydrogen) atoms. The Hall–Kier alpha value is -3.54. The molecule has 1 atom stereocenters. The molecular weight excluding hydrogens is 531 g/mol. The number of aryl methyl sites for hydroxylation is 1. The summed E-state index contributed by atoms with van der Waals surface area (Å²) < 4.78 is 73.8. The molecule has 0 radical (unpaired) electrons. The molecule has 1 saturated carbocycles. The third-order valence-electron chi connectivity index (χ3n) is 8.28. The van der Waals surface area contributed by atoms with Crippen molar-refractivity contribution in [2.75, 3.05) is 13.1 Å². The molecular formula is C28H29F5N6O. The summed E-state index contributed by atoms with van der Waals surface area (Å²) in [5.74, 6) is -1.65. The number of fused-ring (bicyclic) bond motifs is 1. The van der Waals surface area contributed by atoms with Gasteiger partial charge in [-0.15, -0.1) is 10.2 Å². The Bertz CT molecular complexity index is 1590. The van der Waals surface area contributed by atoms with E-state index in [2.05, 4.69) is 10.2 Å². The van der Waals surface area contributed by atoms with E-state index >= 15 is 0 Å². The zero-order chi connectivity index (χ0) is 28.2. The molecule has 0 N–H and O–H groups in total. The maximum atomic E-state index is 14.2. The van der Waals surface area contributed by atoms with Gasteiger partial charge in [0.05, 0.1) is 16.8 Å². The molecule has 0 unspecified atom stereocenters. The Labute approximate surface area is 226 Å². The molecule has 4 heterocycles. The molecule has 12 heteroatoms. The number of alkyl halides is 5. The molecule has 0 amide bonds. The first-order chi connectivity index (χ1) is 19.0. The minimum absolute atomic E-state index is 0.0446. The number of nitrogens with zero attached hydrogens (tertiary/aromatic N) is 6. The Balaban J connectivity index is 1.40. The lowest BCUT2D eigenvalue weighted by Crippen LogP contribution is -2.39. The zero-order valence-electron chi connectivity index (χ0n) is 21.9. The third kappa shape index (κ3) is 4.93. The molecule has 3 aromatic heterocycles. The van der Waals surface area contributed by atoms with Crippen molar-refractivity contribution in [3.63, 3.8) is 0 Å². The van der Waals surface area contributed by atoms with E-state index in [0.29, 0.717) is 11.6 Å². The summed E-state index contributed by atoms with van der Waals surface area (Å²) in [6, 6.07) is 8.29. The fraction of sp³-hybridized carbons (Fsp3) is 0.464. The van der Waals surface area contributed by atoms with Crippen molar-refractivity contribution in [3.05, 3.63) is 82.1 Å². The number of piperidine rings is 1. The van der Waals surface area contributed by atoms with Crippen LogP contribution >= 0.6 is 0 Å². The number of pyridine rings is 1. The fourth-order valence-corrected chi connectivity index (χ4v) is 5.89. The van der Waals surface area contributed by atoms with Gasteiger partial charge in [-0.3, -0.25) is 13.9 Å². The minimum atomic E-state index is -4.71. The highest BCUT2D eigenvalue weighted by Gasteiger charge is 2.37. The van der Waals surface area contributed by atoms with Crippen LogP contribution in [0, 0.1) is 5.92 Å². The van der Waals surface area contributed by atoms with Crippen LogP contribution in [-0.2, 0) is 19.8 Å². The number of rotatable bonds is 6. The van der Waals surface area contributed by atoms with Gasteiger partial charge in [0, 0.05) is 57.8 Å². The fourth-order valence-electron chi connectivity index (χ4n) is 5.89. The van der Waals surface area contributed by atoms with E-state index in [-0.39, 0.29) is 49.5 Å². The van der Waals surface area contributed by atoms with Gasteiger partial charge in [0.2, 0.25) is 0 Å². The minimum Gasteiger partial charge on any atom is -0.320 e. The molecule has 6 rings (SSSR count). The highest BCUT2D eigenvalue weighted by molar-refractivity contribution is 5.58. The average molecular weight is 561 g/mol. The number of likely N-dealkylation sites (tertiary alicyclic amines) is 1. The van der Waals surface area contributed by atoms with E-state index in [9.17, 15) is 26.7 Å². The largest absolute Gasteiger partial charge is 0.418 e. The van der Waals surface area contributed by atoms with E-state index in [1.54, 1.807) is 23.4 Å². The molecule has 212 valence electrons. The lowest BCUT2D eigenvalue weighted by Gasteiger charge is -2.33. The zero-order valence-corrected chi connectivity index (χ0v) is 21.9. The Kier molecular flexibility index (Phi) is 6.55. The molecule has 1 aromatic carbocycles. The van der Waals surface area contributed by atoms with Crippen LogP contribution in [0.3, 0.4) is 0 Å². The summed E-state index contributed by atoms with van der Waals surface area (Å²) in [6.45, 7) is 0.189. The van der Waals surface area contributed by atoms with Gasteiger partial charge in [0.1, 0.15) is 12.2 Å². The molecule has 1 aliphatic carbocycles. The van der Waals surface area contributed by atoms with Gasteiger partial charge in [-0.2, -0.15) is 13.2 Å². The van der Waals surface area contributed by atoms with Crippen LogP contribution in [0.25, 0.3) is 11.2 Å². The summed E-state index contributed by atoms with van der Waals surface area (Å²) in [5, 5.41) is 8.35. The summed E-state index contributed by atoms with van der Waals surface area (Å²) in [6.07, 6.45) is 2.03. The van der Waals surface area contributed by atoms with Crippen molar-refractivity contribution >= 4 is 5.52 Å². The molecule has 0 bridgehead atoms. The van der Waals surface area contributed by atoms with E-state index in [1.165, 1.54) is 17.0 Å². The van der Waals surface area contributed by atoms with Crippen LogP contribution in [0.5, 0.6) is 0 Å². The van der Waals surface area contributed by atoms with Crippen molar-refractivity contribution in [3.8, 4) is 5.69 Å². The SMILES string of the molecule is Cn1cnnc1[C@@H](c1cccc(-n2cc3c(C(F)(F)F)cc(CN4CCC(F)(F)CC4)cn3c2=O)c1)C1CCC1. The maximum Gasteiger partial charge on any atom is 0.418 e. The van der Waals surface area contributed by atoms with E-state index in [0.717, 1.165) is 41.1 Å².